The summed E-state index contributed by atoms with van der Waals surface area (Å²) in [6, 6.07) is 0. The van der Waals surface area contributed by atoms with Gasteiger partial charge in [0.15, 0.2) is 0 Å². The molecule has 0 saturated heterocycles. The second kappa shape index (κ2) is 4.65. The first-order valence-corrected chi connectivity index (χ1v) is 4.46. The summed E-state index contributed by atoms with van der Waals surface area (Å²) in [6.45, 7) is 2.05. The van der Waals surface area contributed by atoms with Crippen molar-refractivity contribution < 1.29 is 9.90 Å². The number of carbonyl (C=O) groups is 1. The molecule has 1 aliphatic carbocycles. The fourth-order valence-corrected chi connectivity index (χ4v) is 1.31. The van der Waals surface area contributed by atoms with Gasteiger partial charge in [-0.05, 0) is 25.3 Å². The number of hydrogen-bond acceptors (Lipinski definition) is 1. The molecule has 1 N–H and O–H groups in total. The van der Waals surface area contributed by atoms with Crippen LogP contribution in [0, 0.1) is 0 Å². The zero-order valence-electron chi connectivity index (χ0n) is 7.79. The number of aliphatic carboxylic acids is 1. The first-order chi connectivity index (χ1) is 6.20. The van der Waals surface area contributed by atoms with E-state index in [4.69, 9.17) is 5.11 Å². The fourth-order valence-electron chi connectivity index (χ4n) is 1.31. The van der Waals surface area contributed by atoms with Gasteiger partial charge in [0, 0.05) is 6.42 Å². The normalized spacial score (nSPS) is 13.8. The average Bonchev–Trinajstić information content (AvgIpc) is 2.55. The summed E-state index contributed by atoms with van der Waals surface area (Å²) in [4.78, 5) is 10.3. The van der Waals surface area contributed by atoms with Gasteiger partial charge in [-0.1, -0.05) is 29.9 Å². The lowest BCUT2D eigenvalue weighted by Crippen LogP contribution is -1.94. The molecule has 1 rings (SSSR count). The van der Waals surface area contributed by atoms with E-state index in [1.807, 2.05) is 12.2 Å². The van der Waals surface area contributed by atoms with Crippen LogP contribution in [0.2, 0.25) is 0 Å². The molecule has 70 valence electrons. The van der Waals surface area contributed by atoms with Gasteiger partial charge in [-0.2, -0.15) is 0 Å². The van der Waals surface area contributed by atoms with Crippen molar-refractivity contribution in [2.75, 3.05) is 0 Å². The number of carboxylic acids is 1. The molecule has 0 atom stereocenters. The summed E-state index contributed by atoms with van der Waals surface area (Å²) in [5.74, 6) is -0.713. The molecule has 0 aromatic carbocycles. The third kappa shape index (κ3) is 3.28. The first kappa shape index (κ1) is 9.78. The van der Waals surface area contributed by atoms with Gasteiger partial charge in [-0.15, -0.1) is 0 Å². The Balaban J connectivity index is 2.37. The molecule has 0 spiro atoms. The maximum absolute atomic E-state index is 10.3. The molecule has 0 aromatic rings. The zero-order chi connectivity index (χ0) is 9.68. The molecule has 0 radical (unpaired) electrons. The molecule has 0 amide bonds. The molecule has 1 aliphatic rings. The molecular weight excluding hydrogens is 164 g/mol. The first-order valence-electron chi connectivity index (χ1n) is 4.46. The number of allylic oxidation sites excluding steroid dienone is 6. The van der Waals surface area contributed by atoms with Crippen LogP contribution < -0.4 is 0 Å². The lowest BCUT2D eigenvalue weighted by atomic mass is 10.0. The van der Waals surface area contributed by atoms with Gasteiger partial charge in [0.25, 0.3) is 0 Å². The summed E-state index contributed by atoms with van der Waals surface area (Å²) in [7, 11) is 0. The Morgan fingerprint density at radius 2 is 1.92 bits per heavy atom. The van der Waals surface area contributed by atoms with Gasteiger partial charge in [-0.25, -0.2) is 0 Å². The highest BCUT2D eigenvalue weighted by Gasteiger charge is 2.01. The minimum atomic E-state index is -0.713. The predicted molar refractivity (Wildman–Crippen MR) is 52.5 cm³/mol. The van der Waals surface area contributed by atoms with Crippen molar-refractivity contribution in [3.05, 3.63) is 35.5 Å². The van der Waals surface area contributed by atoms with Gasteiger partial charge in [0.1, 0.15) is 0 Å². The van der Waals surface area contributed by atoms with E-state index in [-0.39, 0.29) is 6.42 Å². The van der Waals surface area contributed by atoms with Crippen molar-refractivity contribution in [2.45, 2.75) is 26.2 Å². The van der Waals surface area contributed by atoms with Gasteiger partial charge < -0.3 is 5.11 Å². The molecule has 2 heteroatoms. The Bertz CT molecular complexity index is 268. The Hall–Kier alpha value is -1.31. The third-order valence-electron chi connectivity index (χ3n) is 2.10. The van der Waals surface area contributed by atoms with E-state index in [0.717, 1.165) is 12.8 Å². The van der Waals surface area contributed by atoms with Crippen LogP contribution >= 0.6 is 0 Å². The van der Waals surface area contributed by atoms with Crippen LogP contribution in [0.25, 0.3) is 0 Å². The predicted octanol–water partition coefficient (Wildman–Crippen LogP) is 2.68. The van der Waals surface area contributed by atoms with Crippen molar-refractivity contribution in [3.8, 4) is 0 Å². The van der Waals surface area contributed by atoms with E-state index >= 15 is 0 Å². The molecule has 0 heterocycles. The van der Waals surface area contributed by atoms with Crippen LogP contribution in [-0.2, 0) is 4.79 Å². The Labute approximate surface area is 78.3 Å². The molecular formula is C11H14O2. The summed E-state index contributed by atoms with van der Waals surface area (Å²) < 4.78 is 0. The highest BCUT2D eigenvalue weighted by Crippen LogP contribution is 2.17. The van der Waals surface area contributed by atoms with E-state index in [1.54, 1.807) is 0 Å². The molecule has 0 aromatic heterocycles. The minimum Gasteiger partial charge on any atom is -0.481 e. The van der Waals surface area contributed by atoms with E-state index in [9.17, 15) is 4.79 Å². The summed E-state index contributed by atoms with van der Waals surface area (Å²) >= 11 is 0. The van der Waals surface area contributed by atoms with Crippen LogP contribution in [-0.4, -0.2) is 11.1 Å². The summed E-state index contributed by atoms with van der Waals surface area (Å²) in [5.41, 5.74) is 2.50. The number of carboxylic acid groups (broad SMARTS) is 1. The van der Waals surface area contributed by atoms with Gasteiger partial charge >= 0.3 is 5.97 Å². The monoisotopic (exact) mass is 178 g/mol. The van der Waals surface area contributed by atoms with Gasteiger partial charge in [-0.3, -0.25) is 4.79 Å². The molecule has 13 heavy (non-hydrogen) atoms. The summed E-state index contributed by atoms with van der Waals surface area (Å²) in [5, 5.41) is 8.45. The van der Waals surface area contributed by atoms with Crippen molar-refractivity contribution >= 4 is 5.97 Å². The second-order valence-corrected chi connectivity index (χ2v) is 3.20. The van der Waals surface area contributed by atoms with Crippen LogP contribution in [0.3, 0.4) is 0 Å². The standard InChI is InChI=1S/C11H14O2/c1-9(5-4-8-11(12)13)10-6-2-3-7-10/h2-3,6-7H,4-5,8H2,1H3,(H,12,13). The van der Waals surface area contributed by atoms with Gasteiger partial charge in [0.2, 0.25) is 0 Å². The lowest BCUT2D eigenvalue weighted by Gasteiger charge is -2.01. The Morgan fingerprint density at radius 1 is 1.31 bits per heavy atom. The van der Waals surface area contributed by atoms with E-state index in [0.29, 0.717) is 0 Å². The molecule has 0 bridgehead atoms. The summed E-state index contributed by atoms with van der Waals surface area (Å²) in [6.07, 6.45) is 9.96. The number of hydrogen-bond donors (Lipinski definition) is 1. The van der Waals surface area contributed by atoms with E-state index < -0.39 is 5.97 Å². The highest BCUT2D eigenvalue weighted by molar-refractivity contribution is 5.66. The Kier molecular flexibility index (Phi) is 3.50. The Morgan fingerprint density at radius 3 is 2.46 bits per heavy atom. The van der Waals surface area contributed by atoms with Crippen molar-refractivity contribution in [1.29, 1.82) is 0 Å². The van der Waals surface area contributed by atoms with Crippen molar-refractivity contribution in [3.63, 3.8) is 0 Å². The molecule has 2 nitrogen and oxygen atoms in total. The third-order valence-corrected chi connectivity index (χ3v) is 2.10. The fraction of sp³-hybridized carbons (Fsp3) is 0.364. The maximum atomic E-state index is 10.3. The molecule has 0 aliphatic heterocycles. The van der Waals surface area contributed by atoms with E-state index in [1.165, 1.54) is 11.1 Å². The molecule has 0 saturated carbocycles. The maximum Gasteiger partial charge on any atom is 0.303 e. The largest absolute Gasteiger partial charge is 0.481 e. The number of rotatable bonds is 4. The minimum absolute atomic E-state index is 0.262. The van der Waals surface area contributed by atoms with Gasteiger partial charge in [0.05, 0.1) is 0 Å². The smallest absolute Gasteiger partial charge is 0.303 e. The van der Waals surface area contributed by atoms with Crippen LogP contribution in [0.4, 0.5) is 0 Å². The van der Waals surface area contributed by atoms with E-state index in [2.05, 4.69) is 19.1 Å². The highest BCUT2D eigenvalue weighted by atomic mass is 16.4. The average molecular weight is 178 g/mol. The molecule has 0 fully saturated rings. The van der Waals surface area contributed by atoms with Crippen molar-refractivity contribution in [1.82, 2.24) is 0 Å². The van der Waals surface area contributed by atoms with Crippen LogP contribution in [0.15, 0.2) is 35.5 Å². The molecule has 0 unspecified atom stereocenters. The topological polar surface area (TPSA) is 37.3 Å². The van der Waals surface area contributed by atoms with Crippen LogP contribution in [0.5, 0.6) is 0 Å². The second-order valence-electron chi connectivity index (χ2n) is 3.20. The van der Waals surface area contributed by atoms with Crippen LogP contribution in [0.1, 0.15) is 26.2 Å². The lowest BCUT2D eigenvalue weighted by molar-refractivity contribution is -0.137. The quantitative estimate of drug-likeness (QED) is 0.718. The zero-order valence-corrected chi connectivity index (χ0v) is 7.79. The van der Waals surface area contributed by atoms with Crippen molar-refractivity contribution in [2.24, 2.45) is 0 Å². The SMILES string of the molecule is CC(CCCC(=O)O)=C1C=CC=C1.